The van der Waals surface area contributed by atoms with Crippen LogP contribution in [0.5, 0.6) is 5.88 Å². The summed E-state index contributed by atoms with van der Waals surface area (Å²) in [6.45, 7) is 6.10. The van der Waals surface area contributed by atoms with Gasteiger partial charge >= 0.3 is 5.97 Å². The molecule has 0 radical (unpaired) electrons. The van der Waals surface area contributed by atoms with Gasteiger partial charge in [0.05, 0.1) is 10.6 Å². The van der Waals surface area contributed by atoms with Crippen LogP contribution >= 0.6 is 11.3 Å². The summed E-state index contributed by atoms with van der Waals surface area (Å²) in [4.78, 5) is 20.7. The van der Waals surface area contributed by atoms with E-state index in [1.165, 1.54) is 17.7 Å². The van der Waals surface area contributed by atoms with Crippen molar-refractivity contribution in [1.82, 2.24) is 9.97 Å². The molecular weight excluding hydrogens is 374 g/mol. The van der Waals surface area contributed by atoms with E-state index in [1.54, 1.807) is 12.3 Å². The molecule has 1 saturated carbocycles. The second-order valence-corrected chi connectivity index (χ2v) is 8.99. The van der Waals surface area contributed by atoms with Crippen LogP contribution < -0.4 is 10.1 Å². The van der Waals surface area contributed by atoms with Crippen molar-refractivity contribution in [3.8, 4) is 17.7 Å². The summed E-state index contributed by atoms with van der Waals surface area (Å²) in [7, 11) is 0. The van der Waals surface area contributed by atoms with E-state index in [0.717, 1.165) is 30.6 Å². The SMILES string of the molecule is CC(C)(C)C#Cc1cc(NC2CCC(Oc3ccncn3)CC2)c(C(=O)O)s1. The smallest absolute Gasteiger partial charge is 0.348 e. The van der Waals surface area contributed by atoms with Gasteiger partial charge in [-0.25, -0.2) is 14.8 Å². The van der Waals surface area contributed by atoms with Crippen LogP contribution in [0.2, 0.25) is 0 Å². The molecule has 2 aromatic rings. The second kappa shape index (κ2) is 8.61. The molecule has 6 nitrogen and oxygen atoms in total. The molecule has 0 aliphatic heterocycles. The van der Waals surface area contributed by atoms with Crippen molar-refractivity contribution in [3.63, 3.8) is 0 Å². The largest absolute Gasteiger partial charge is 0.477 e. The number of nitrogens with zero attached hydrogens (tertiary/aromatic N) is 2. The standard InChI is InChI=1S/C21H25N3O3S/c1-21(2,3)10-8-16-12-17(19(28-16)20(25)26)24-14-4-6-15(7-5-14)27-18-9-11-22-13-23-18/h9,11-15,24H,4-7H2,1-3H3,(H,25,26). The van der Waals surface area contributed by atoms with Crippen LogP contribution in [-0.2, 0) is 0 Å². The van der Waals surface area contributed by atoms with Gasteiger partial charge in [-0.2, -0.15) is 0 Å². The van der Waals surface area contributed by atoms with Crippen molar-refractivity contribution >= 4 is 23.0 Å². The van der Waals surface area contributed by atoms with Gasteiger partial charge in [0, 0.05) is 23.7 Å². The van der Waals surface area contributed by atoms with Gasteiger partial charge in [-0.1, -0.05) is 11.8 Å². The van der Waals surface area contributed by atoms with Gasteiger partial charge in [-0.05, 0) is 52.5 Å². The number of carbonyl (C=O) groups is 1. The molecule has 2 heterocycles. The number of aromatic nitrogens is 2. The van der Waals surface area contributed by atoms with Crippen LogP contribution in [0.3, 0.4) is 0 Å². The number of hydrogen-bond donors (Lipinski definition) is 2. The molecular formula is C21H25N3O3S. The molecule has 0 amide bonds. The fourth-order valence-corrected chi connectivity index (χ4v) is 3.85. The van der Waals surface area contributed by atoms with Crippen molar-refractivity contribution in [2.24, 2.45) is 5.41 Å². The molecule has 0 aromatic carbocycles. The number of anilines is 1. The molecule has 2 N–H and O–H groups in total. The summed E-state index contributed by atoms with van der Waals surface area (Å²) in [6, 6.07) is 3.84. The van der Waals surface area contributed by atoms with Crippen LogP contribution in [0.4, 0.5) is 5.69 Å². The van der Waals surface area contributed by atoms with E-state index in [1.807, 2.05) is 26.8 Å². The van der Waals surface area contributed by atoms with E-state index in [2.05, 4.69) is 27.1 Å². The van der Waals surface area contributed by atoms with Gasteiger partial charge in [-0.3, -0.25) is 0 Å². The van der Waals surface area contributed by atoms with Crippen molar-refractivity contribution in [1.29, 1.82) is 0 Å². The number of carboxylic acids is 1. The van der Waals surface area contributed by atoms with Gasteiger partial charge in [-0.15, -0.1) is 11.3 Å². The third-order valence-corrected chi connectivity index (χ3v) is 5.40. The molecule has 3 rings (SSSR count). The fourth-order valence-electron chi connectivity index (χ4n) is 3.03. The zero-order valence-electron chi connectivity index (χ0n) is 16.4. The quantitative estimate of drug-likeness (QED) is 0.723. The predicted molar refractivity (Wildman–Crippen MR) is 110 cm³/mol. The van der Waals surface area contributed by atoms with Crippen LogP contribution in [0.25, 0.3) is 0 Å². The Balaban J connectivity index is 1.61. The van der Waals surface area contributed by atoms with Crippen LogP contribution in [0.15, 0.2) is 24.7 Å². The topological polar surface area (TPSA) is 84.3 Å². The predicted octanol–water partition coefficient (Wildman–Crippen LogP) is 4.44. The number of aromatic carboxylic acids is 1. The number of thiophene rings is 1. The lowest BCUT2D eigenvalue weighted by molar-refractivity contribution is 0.0703. The summed E-state index contributed by atoms with van der Waals surface area (Å²) in [5.41, 5.74) is 0.541. The van der Waals surface area contributed by atoms with E-state index in [9.17, 15) is 9.90 Å². The summed E-state index contributed by atoms with van der Waals surface area (Å²) in [5, 5.41) is 12.9. The zero-order valence-corrected chi connectivity index (χ0v) is 17.2. The molecule has 1 aliphatic rings. The zero-order chi connectivity index (χ0) is 20.1. The Hall–Kier alpha value is -2.59. The highest BCUT2D eigenvalue weighted by Crippen LogP contribution is 2.31. The lowest BCUT2D eigenvalue weighted by atomic mass is 9.92. The molecule has 1 fully saturated rings. The minimum absolute atomic E-state index is 0.122. The number of rotatable bonds is 5. The van der Waals surface area contributed by atoms with Gasteiger partial charge in [0.15, 0.2) is 0 Å². The molecule has 0 unspecified atom stereocenters. The Kier molecular flexibility index (Phi) is 6.20. The first-order valence-electron chi connectivity index (χ1n) is 9.40. The first-order chi connectivity index (χ1) is 13.3. The Morgan fingerprint density at radius 3 is 2.68 bits per heavy atom. The van der Waals surface area contributed by atoms with Crippen molar-refractivity contribution in [2.45, 2.75) is 58.6 Å². The van der Waals surface area contributed by atoms with Gasteiger partial charge in [0.25, 0.3) is 0 Å². The summed E-state index contributed by atoms with van der Waals surface area (Å²) >= 11 is 1.22. The van der Waals surface area contributed by atoms with Crippen molar-refractivity contribution in [2.75, 3.05) is 5.32 Å². The van der Waals surface area contributed by atoms with Gasteiger partial charge in [0.2, 0.25) is 5.88 Å². The van der Waals surface area contributed by atoms with Crippen LogP contribution in [-0.4, -0.2) is 33.2 Å². The monoisotopic (exact) mass is 399 g/mol. The highest BCUT2D eigenvalue weighted by molar-refractivity contribution is 7.15. The van der Waals surface area contributed by atoms with Crippen LogP contribution in [0, 0.1) is 17.3 Å². The Morgan fingerprint density at radius 1 is 1.32 bits per heavy atom. The Labute approximate surface area is 169 Å². The van der Waals surface area contributed by atoms with E-state index in [0.29, 0.717) is 16.4 Å². The third-order valence-electron chi connectivity index (χ3n) is 4.36. The van der Waals surface area contributed by atoms with Crippen LogP contribution in [0.1, 0.15) is 61.0 Å². The van der Waals surface area contributed by atoms with E-state index in [4.69, 9.17) is 4.74 Å². The summed E-state index contributed by atoms with van der Waals surface area (Å²) in [6.07, 6.45) is 6.88. The molecule has 1 aliphatic carbocycles. The number of nitrogens with one attached hydrogen (secondary N) is 1. The average Bonchev–Trinajstić information content (AvgIpc) is 3.05. The van der Waals surface area contributed by atoms with Crippen molar-refractivity contribution in [3.05, 3.63) is 34.4 Å². The Morgan fingerprint density at radius 2 is 2.07 bits per heavy atom. The maximum Gasteiger partial charge on any atom is 0.348 e. The first-order valence-corrected chi connectivity index (χ1v) is 10.2. The molecule has 0 spiro atoms. The van der Waals surface area contributed by atoms with Crippen molar-refractivity contribution < 1.29 is 14.6 Å². The molecule has 28 heavy (non-hydrogen) atoms. The minimum Gasteiger partial charge on any atom is -0.477 e. The minimum atomic E-state index is -0.919. The molecule has 0 saturated heterocycles. The molecule has 148 valence electrons. The normalized spacial score (nSPS) is 19.4. The maximum absolute atomic E-state index is 11.6. The Bertz CT molecular complexity index is 870. The summed E-state index contributed by atoms with van der Waals surface area (Å²) < 4.78 is 5.89. The average molecular weight is 400 g/mol. The lowest BCUT2D eigenvalue weighted by Crippen LogP contribution is -2.31. The third kappa shape index (κ3) is 5.70. The number of carboxylic acid groups (broad SMARTS) is 1. The lowest BCUT2D eigenvalue weighted by Gasteiger charge is -2.29. The molecule has 7 heteroatoms. The number of ether oxygens (including phenoxy) is 1. The number of hydrogen-bond acceptors (Lipinski definition) is 6. The molecule has 0 bridgehead atoms. The second-order valence-electron chi connectivity index (χ2n) is 7.94. The highest BCUT2D eigenvalue weighted by atomic mass is 32.1. The van der Waals surface area contributed by atoms with E-state index >= 15 is 0 Å². The maximum atomic E-state index is 11.6. The van der Waals surface area contributed by atoms with E-state index in [-0.39, 0.29) is 17.6 Å². The van der Waals surface area contributed by atoms with Gasteiger partial charge < -0.3 is 15.2 Å². The van der Waals surface area contributed by atoms with Gasteiger partial charge in [0.1, 0.15) is 17.3 Å². The highest BCUT2D eigenvalue weighted by Gasteiger charge is 2.25. The molecule has 0 atom stereocenters. The summed E-state index contributed by atoms with van der Waals surface area (Å²) in [5.74, 6) is 5.95. The first kappa shape index (κ1) is 20.2. The fraction of sp³-hybridized carbons (Fsp3) is 0.476. The van der Waals surface area contributed by atoms with E-state index < -0.39 is 5.97 Å². The molecule has 2 aromatic heterocycles.